The molecule has 8 aromatic rings. The Bertz CT molecular complexity index is 4030. The number of carbonyl (C=O) groups excluding carboxylic acids is 4. The number of halogens is 2. The van der Waals surface area contributed by atoms with E-state index in [4.69, 9.17) is 56.6 Å². The van der Waals surface area contributed by atoms with Crippen LogP contribution in [0.4, 0.5) is 14.9 Å². The van der Waals surface area contributed by atoms with Crippen molar-refractivity contribution < 1.29 is 61.9 Å². The summed E-state index contributed by atoms with van der Waals surface area (Å²) in [4.78, 5) is 89.5. The number of aromatic nitrogens is 4. The fourth-order valence-electron chi connectivity index (χ4n) is 10.7. The van der Waals surface area contributed by atoms with Crippen LogP contribution in [0.1, 0.15) is 55.5 Å². The van der Waals surface area contributed by atoms with Crippen LogP contribution in [-0.4, -0.2) is 156 Å². The number of hydrogen-bond acceptors (Lipinski definition) is 20. The van der Waals surface area contributed by atoms with Gasteiger partial charge in [0.1, 0.15) is 72.7 Å². The number of rotatable bonds is 33. The number of para-hydroxylation sites is 2. The fourth-order valence-corrected chi connectivity index (χ4v) is 12.1. The van der Waals surface area contributed by atoms with Crippen molar-refractivity contribution in [3.8, 4) is 56.1 Å². The molecule has 0 saturated carbocycles. The van der Waals surface area contributed by atoms with Gasteiger partial charge in [-0.1, -0.05) is 91.3 Å². The first kappa shape index (κ1) is 71.4. The third-order valence-electron chi connectivity index (χ3n) is 15.9. The zero-order valence-corrected chi connectivity index (χ0v) is 55.7. The number of nitrogens with two attached hydrogens (primary N) is 2. The Morgan fingerprint density at radius 3 is 2.30 bits per heavy atom. The van der Waals surface area contributed by atoms with Crippen LogP contribution in [0.2, 0.25) is 5.02 Å². The van der Waals surface area contributed by atoms with E-state index in [1.165, 1.54) is 29.8 Å². The second kappa shape index (κ2) is 35.2. The maximum Gasteiger partial charge on any atom is 0.410 e. The lowest BCUT2D eigenvalue weighted by Gasteiger charge is -2.34. The van der Waals surface area contributed by atoms with Crippen molar-refractivity contribution in [2.75, 3.05) is 78.1 Å². The number of anilines is 1. The molecule has 1 saturated heterocycles. The van der Waals surface area contributed by atoms with Crippen molar-refractivity contribution in [3.05, 3.63) is 161 Å². The number of carboxylic acid groups (broad SMARTS) is 1. The third kappa shape index (κ3) is 19.4. The maximum absolute atomic E-state index is 14.4. The van der Waals surface area contributed by atoms with E-state index in [0.29, 0.717) is 152 Å². The summed E-state index contributed by atoms with van der Waals surface area (Å²) < 4.78 is 50.0. The van der Waals surface area contributed by atoms with Gasteiger partial charge in [-0.25, -0.2) is 33.9 Å². The molecule has 5 aromatic carbocycles. The molecule has 510 valence electrons. The number of fused-ring (bicyclic) bond motifs is 1. The molecular formula is C69H77ClFN13O12S. The number of carboxylic acids is 1. The monoisotopic (exact) mass is 1370 g/mol. The van der Waals surface area contributed by atoms with E-state index in [9.17, 15) is 33.5 Å². The predicted molar refractivity (Wildman–Crippen MR) is 364 cm³/mol. The summed E-state index contributed by atoms with van der Waals surface area (Å²) >= 11 is 8.50. The fraction of sp³-hybridized carbons (Fsp3) is 0.348. The molecule has 28 heteroatoms. The van der Waals surface area contributed by atoms with Crippen LogP contribution in [0.5, 0.6) is 23.1 Å². The van der Waals surface area contributed by atoms with Crippen molar-refractivity contribution in [3.63, 3.8) is 0 Å². The van der Waals surface area contributed by atoms with E-state index in [1.807, 2.05) is 37.3 Å². The van der Waals surface area contributed by atoms with Gasteiger partial charge in [-0.3, -0.25) is 19.3 Å². The highest BCUT2D eigenvalue weighted by atomic mass is 35.5. The van der Waals surface area contributed by atoms with Crippen molar-refractivity contribution in [2.45, 2.75) is 77.9 Å². The number of hydrogen-bond donors (Lipinski definition) is 6. The Labute approximate surface area is 569 Å². The highest BCUT2D eigenvalue weighted by molar-refractivity contribution is 7.22. The number of piperazine rings is 1. The normalized spacial score (nSPS) is 13.4. The Morgan fingerprint density at radius 2 is 1.57 bits per heavy atom. The van der Waals surface area contributed by atoms with E-state index in [2.05, 4.69) is 46.1 Å². The van der Waals surface area contributed by atoms with Gasteiger partial charge >= 0.3 is 12.1 Å². The lowest BCUT2D eigenvalue weighted by molar-refractivity contribution is -0.145. The summed E-state index contributed by atoms with van der Waals surface area (Å²) in [6, 6.07) is 30.9. The molecule has 9 rings (SSSR count). The highest BCUT2D eigenvalue weighted by Gasteiger charge is 2.31. The topological polar surface area (TPSA) is 332 Å². The Kier molecular flexibility index (Phi) is 25.9. The Hall–Kier alpha value is -9.93. The minimum atomic E-state index is -1.45. The van der Waals surface area contributed by atoms with Crippen molar-refractivity contribution in [1.29, 1.82) is 0 Å². The lowest BCUT2D eigenvalue weighted by Crippen LogP contribution is -2.55. The molecule has 8 N–H and O–H groups in total. The molecule has 4 amide bonds. The average Bonchev–Trinajstić information content (AvgIpc) is 1.62. The quantitative estimate of drug-likeness (QED) is 0.00964. The standard InChI is InChI=1S/C69H77ClFN13O12S/c1-42(2)61(81-57(85)40-92-35-29-77-82-73)65(87)80-52(13-9-10-27-72)64(86)79-48-22-16-44(17-23-48)38-95-69(90)84-32-30-83(31-33-84)34-36-93-55-25-24-50(43(3)60(55)70)58-59-66(75-41-76-67(59)97-62(58)45-18-20-47(71)21-19-45)96-56(68(88)89)37-46-11-5-7-14-53(46)94-39-49-26-28-74-63(78-49)51-12-6-8-15-54(51)91-4/h5-8,11-12,14-26,28,41-42,52,56,61H,9-10,13,27,29-40,72H2,1-4H3,(H2,73,77)(H,79,86)(H,80,87)(H,81,85)(H,88,89)/t52-,56+,61-/m0/s1. The molecule has 0 radical (unpaired) electrons. The van der Waals surface area contributed by atoms with E-state index in [1.54, 1.807) is 105 Å². The summed E-state index contributed by atoms with van der Waals surface area (Å²) in [5.41, 5.74) is 11.3. The molecule has 0 unspecified atom stereocenters. The SMILES string of the molecule is COc1ccccc1-c1nccc(COc2ccccc2C[C@@H](Oc2ncnc3sc(-c4ccc(F)cc4)c(-c4ccc(OCCN5CCN(C(=O)OCc6ccc(NC(=O)[C@H](CCCCN)NC(=O)[C@@H](NC(=O)COCCN=NN)C(C)C)cc6)CC5)c(Cl)c4C)c23)C(=O)O)n1. The number of ether oxygens (including phenoxy) is 6. The van der Waals surface area contributed by atoms with Gasteiger partial charge in [0.05, 0.1) is 41.9 Å². The molecule has 97 heavy (non-hydrogen) atoms. The van der Waals surface area contributed by atoms with Crippen LogP contribution in [-0.2, 0) is 48.3 Å². The van der Waals surface area contributed by atoms with E-state index in [-0.39, 0.29) is 57.8 Å². The predicted octanol–water partition coefficient (Wildman–Crippen LogP) is 9.61. The first-order valence-corrected chi connectivity index (χ1v) is 32.7. The van der Waals surface area contributed by atoms with Gasteiger partial charge in [-0.2, -0.15) is 5.11 Å². The summed E-state index contributed by atoms with van der Waals surface area (Å²) in [5, 5.41) is 26.6. The van der Waals surface area contributed by atoms with Crippen molar-refractivity contribution in [1.82, 2.24) is 40.4 Å². The zero-order valence-electron chi connectivity index (χ0n) is 54.1. The molecule has 1 fully saturated rings. The molecule has 3 aromatic heterocycles. The van der Waals surface area contributed by atoms with Gasteiger partial charge in [0.25, 0.3) is 0 Å². The molecular weight excluding hydrogens is 1290 g/mol. The van der Waals surface area contributed by atoms with Gasteiger partial charge in [0, 0.05) is 61.5 Å². The first-order valence-electron chi connectivity index (χ1n) is 31.5. The molecule has 0 bridgehead atoms. The Morgan fingerprint density at radius 1 is 0.814 bits per heavy atom. The number of methoxy groups -OCH3 is 1. The van der Waals surface area contributed by atoms with Crippen molar-refractivity contribution in [2.24, 2.45) is 27.8 Å². The van der Waals surface area contributed by atoms with E-state index < -0.39 is 53.8 Å². The van der Waals surface area contributed by atoms with Gasteiger partial charge in [-0.15, -0.1) is 11.3 Å². The van der Waals surface area contributed by atoms with Gasteiger partial charge in [0.2, 0.25) is 29.7 Å². The number of carbonyl (C=O) groups is 5. The van der Waals surface area contributed by atoms with Crippen LogP contribution >= 0.6 is 22.9 Å². The number of amides is 4. The van der Waals surface area contributed by atoms with Crippen LogP contribution in [0.15, 0.2) is 138 Å². The summed E-state index contributed by atoms with van der Waals surface area (Å²) in [6.45, 7) is 8.58. The van der Waals surface area contributed by atoms with Gasteiger partial charge in [-0.05, 0) is 121 Å². The molecule has 0 spiro atoms. The Balaban J connectivity index is 0.790. The lowest BCUT2D eigenvalue weighted by atomic mass is 9.96. The van der Waals surface area contributed by atoms with Gasteiger partial charge in [0.15, 0.2) is 5.82 Å². The first-order chi connectivity index (χ1) is 47.0. The minimum Gasteiger partial charge on any atom is -0.496 e. The number of benzene rings is 5. The maximum atomic E-state index is 14.4. The minimum absolute atomic E-state index is 0.0117. The molecule has 3 atom stereocenters. The highest BCUT2D eigenvalue weighted by Crippen LogP contribution is 2.49. The summed E-state index contributed by atoms with van der Waals surface area (Å²) in [5.74, 6) is 3.47. The summed E-state index contributed by atoms with van der Waals surface area (Å²) in [6.07, 6.45) is 2.44. The molecule has 25 nitrogen and oxygen atoms in total. The number of unbranched alkanes of at least 4 members (excludes halogenated alkanes) is 1. The van der Waals surface area contributed by atoms with E-state index >= 15 is 0 Å². The average molecular weight is 1370 g/mol. The number of nitrogens with one attached hydrogen (secondary N) is 3. The molecule has 4 heterocycles. The number of aliphatic carboxylic acids is 1. The molecule has 1 aliphatic rings. The van der Waals surface area contributed by atoms with Crippen LogP contribution in [0.3, 0.4) is 0 Å². The van der Waals surface area contributed by atoms with Crippen LogP contribution in [0.25, 0.3) is 43.2 Å². The van der Waals surface area contributed by atoms with Gasteiger partial charge < -0.3 is 66.0 Å². The smallest absolute Gasteiger partial charge is 0.410 e. The molecule has 1 aliphatic heterocycles. The van der Waals surface area contributed by atoms with E-state index in [0.717, 1.165) is 0 Å². The second-order valence-electron chi connectivity index (χ2n) is 22.9. The second-order valence-corrected chi connectivity index (χ2v) is 24.3. The number of thiophene rings is 1. The van der Waals surface area contributed by atoms with Crippen LogP contribution in [0, 0.1) is 18.7 Å². The zero-order chi connectivity index (χ0) is 68.8. The molecule has 0 aliphatic carbocycles. The van der Waals surface area contributed by atoms with Crippen molar-refractivity contribution >= 4 is 68.6 Å². The summed E-state index contributed by atoms with van der Waals surface area (Å²) in [7, 11) is 1.58. The number of nitrogens with zero attached hydrogens (tertiary/aromatic N) is 8. The largest absolute Gasteiger partial charge is 0.496 e. The van der Waals surface area contributed by atoms with Crippen LogP contribution < -0.4 is 46.5 Å². The third-order valence-corrected chi connectivity index (χ3v) is 17.5.